The summed E-state index contributed by atoms with van der Waals surface area (Å²) in [6.45, 7) is 12.6. The first-order valence-corrected chi connectivity index (χ1v) is 5.27. The number of hydrogen-bond acceptors (Lipinski definition) is 1. The summed E-state index contributed by atoms with van der Waals surface area (Å²) in [4.78, 5) is 0. The fraction of sp³-hybridized carbons (Fsp3) is 0.538. The van der Waals surface area contributed by atoms with E-state index in [0.717, 1.165) is 0 Å². The van der Waals surface area contributed by atoms with Gasteiger partial charge in [-0.25, -0.2) is 0 Å². The van der Waals surface area contributed by atoms with E-state index in [1.54, 1.807) is 0 Å². The molecule has 0 aliphatic carbocycles. The van der Waals surface area contributed by atoms with Gasteiger partial charge in [0.25, 0.3) is 0 Å². The second kappa shape index (κ2) is 4.04. The van der Waals surface area contributed by atoms with E-state index in [4.69, 9.17) is 0 Å². The second-order valence-corrected chi connectivity index (χ2v) is 4.67. The highest BCUT2D eigenvalue weighted by Crippen LogP contribution is 2.33. The number of allylic oxidation sites excluding steroid dienone is 4. The maximum absolute atomic E-state index is 3.76. The van der Waals surface area contributed by atoms with Crippen LogP contribution in [0.15, 0.2) is 36.1 Å². The summed E-state index contributed by atoms with van der Waals surface area (Å²) >= 11 is 0. The lowest BCUT2D eigenvalue weighted by Gasteiger charge is -2.39. The molecule has 0 saturated carbocycles. The lowest BCUT2D eigenvalue weighted by molar-refractivity contribution is 0.322. The van der Waals surface area contributed by atoms with Crippen LogP contribution in [0.2, 0.25) is 0 Å². The topological polar surface area (TPSA) is 12.0 Å². The Morgan fingerprint density at radius 3 is 2.64 bits per heavy atom. The van der Waals surface area contributed by atoms with Gasteiger partial charge in [0.1, 0.15) is 0 Å². The fourth-order valence-corrected chi connectivity index (χ4v) is 2.25. The van der Waals surface area contributed by atoms with Gasteiger partial charge in [0, 0.05) is 11.2 Å². The molecule has 0 spiro atoms. The molecular weight excluding hydrogens is 170 g/mol. The van der Waals surface area contributed by atoms with Crippen LogP contribution in [-0.4, -0.2) is 5.54 Å². The molecule has 0 aromatic heterocycles. The largest absolute Gasteiger partial charge is 0.380 e. The van der Waals surface area contributed by atoms with Crippen molar-refractivity contribution in [2.45, 2.75) is 39.7 Å². The maximum Gasteiger partial charge on any atom is 0.0336 e. The van der Waals surface area contributed by atoms with Crippen molar-refractivity contribution in [3.63, 3.8) is 0 Å². The van der Waals surface area contributed by atoms with E-state index in [1.807, 2.05) is 6.08 Å². The summed E-state index contributed by atoms with van der Waals surface area (Å²) in [5.74, 6) is 0.607. The smallest absolute Gasteiger partial charge is 0.0336 e. The SMILES string of the molecule is C=C/C=C1\C(=C/C)NC(C)(C)CC1C. The Balaban J connectivity index is 3.00. The van der Waals surface area contributed by atoms with E-state index in [2.05, 4.69) is 51.7 Å². The predicted molar refractivity (Wildman–Crippen MR) is 63.0 cm³/mol. The third-order valence-corrected chi connectivity index (χ3v) is 2.72. The fourth-order valence-electron chi connectivity index (χ4n) is 2.25. The van der Waals surface area contributed by atoms with Crippen LogP contribution in [0.3, 0.4) is 0 Å². The Morgan fingerprint density at radius 1 is 1.50 bits per heavy atom. The molecule has 1 unspecified atom stereocenters. The van der Waals surface area contributed by atoms with Gasteiger partial charge in [0.2, 0.25) is 0 Å². The van der Waals surface area contributed by atoms with E-state index in [0.29, 0.717) is 5.92 Å². The van der Waals surface area contributed by atoms with Crippen LogP contribution in [0.4, 0.5) is 0 Å². The molecule has 0 aromatic carbocycles. The van der Waals surface area contributed by atoms with Crippen molar-refractivity contribution in [2.75, 3.05) is 0 Å². The molecule has 1 aliphatic heterocycles. The molecule has 1 fully saturated rings. The lowest BCUT2D eigenvalue weighted by atomic mass is 9.80. The Bertz CT molecular complexity index is 282. The zero-order chi connectivity index (χ0) is 10.8. The summed E-state index contributed by atoms with van der Waals surface area (Å²) in [5, 5.41) is 3.55. The minimum Gasteiger partial charge on any atom is -0.380 e. The van der Waals surface area contributed by atoms with Gasteiger partial charge in [-0.1, -0.05) is 31.7 Å². The van der Waals surface area contributed by atoms with Crippen molar-refractivity contribution in [3.8, 4) is 0 Å². The molecule has 0 aromatic rings. The van der Waals surface area contributed by atoms with E-state index in [-0.39, 0.29) is 5.54 Å². The molecule has 14 heavy (non-hydrogen) atoms. The van der Waals surface area contributed by atoms with Crippen molar-refractivity contribution in [1.29, 1.82) is 0 Å². The van der Waals surface area contributed by atoms with Crippen LogP contribution in [0.5, 0.6) is 0 Å². The predicted octanol–water partition coefficient (Wildman–Crippen LogP) is 3.41. The molecule has 1 saturated heterocycles. The first-order valence-electron chi connectivity index (χ1n) is 5.27. The van der Waals surface area contributed by atoms with Crippen molar-refractivity contribution in [3.05, 3.63) is 36.1 Å². The van der Waals surface area contributed by atoms with Gasteiger partial charge in [0.05, 0.1) is 0 Å². The quantitative estimate of drug-likeness (QED) is 0.669. The second-order valence-electron chi connectivity index (χ2n) is 4.67. The number of piperidine rings is 1. The molecule has 0 bridgehead atoms. The molecule has 1 heteroatoms. The van der Waals surface area contributed by atoms with Crippen molar-refractivity contribution in [1.82, 2.24) is 5.32 Å². The Morgan fingerprint density at radius 2 is 2.14 bits per heavy atom. The highest BCUT2D eigenvalue weighted by atomic mass is 15.0. The summed E-state index contributed by atoms with van der Waals surface area (Å²) < 4.78 is 0. The third-order valence-electron chi connectivity index (χ3n) is 2.72. The van der Waals surface area contributed by atoms with Gasteiger partial charge >= 0.3 is 0 Å². The van der Waals surface area contributed by atoms with Crippen molar-refractivity contribution in [2.24, 2.45) is 5.92 Å². The van der Waals surface area contributed by atoms with Gasteiger partial charge in [-0.05, 0) is 38.7 Å². The molecular formula is C13H21N. The number of rotatable bonds is 1. The molecule has 1 heterocycles. The van der Waals surface area contributed by atoms with Gasteiger partial charge in [0.15, 0.2) is 0 Å². The summed E-state index contributed by atoms with van der Waals surface area (Å²) in [5.41, 5.74) is 2.84. The van der Waals surface area contributed by atoms with E-state index in [1.165, 1.54) is 17.7 Å². The molecule has 0 amide bonds. The van der Waals surface area contributed by atoms with Gasteiger partial charge in [-0.3, -0.25) is 0 Å². The van der Waals surface area contributed by atoms with Gasteiger partial charge in [-0.15, -0.1) is 0 Å². The summed E-state index contributed by atoms with van der Waals surface area (Å²) in [6, 6.07) is 0. The summed E-state index contributed by atoms with van der Waals surface area (Å²) in [7, 11) is 0. The van der Waals surface area contributed by atoms with Crippen LogP contribution in [0, 0.1) is 5.92 Å². The Hall–Kier alpha value is -0.980. The highest BCUT2D eigenvalue weighted by Gasteiger charge is 2.30. The molecule has 78 valence electrons. The van der Waals surface area contributed by atoms with Gasteiger partial charge in [-0.2, -0.15) is 0 Å². The normalized spacial score (nSPS) is 31.6. The zero-order valence-electron chi connectivity index (χ0n) is 9.72. The maximum atomic E-state index is 3.76. The molecule has 1 atom stereocenters. The van der Waals surface area contributed by atoms with Crippen LogP contribution in [0.25, 0.3) is 0 Å². The summed E-state index contributed by atoms with van der Waals surface area (Å²) in [6.07, 6.45) is 7.30. The van der Waals surface area contributed by atoms with Crippen LogP contribution in [0.1, 0.15) is 34.1 Å². The van der Waals surface area contributed by atoms with Gasteiger partial charge < -0.3 is 5.32 Å². The van der Waals surface area contributed by atoms with Crippen molar-refractivity contribution < 1.29 is 0 Å². The molecule has 1 rings (SSSR count). The monoisotopic (exact) mass is 191 g/mol. The molecule has 1 aliphatic rings. The lowest BCUT2D eigenvalue weighted by Crippen LogP contribution is -2.45. The Kier molecular flexibility index (Phi) is 3.20. The Labute approximate surface area is 87.6 Å². The number of nitrogens with one attached hydrogen (secondary N) is 1. The molecule has 1 N–H and O–H groups in total. The highest BCUT2D eigenvalue weighted by molar-refractivity contribution is 5.37. The first-order chi connectivity index (χ1) is 6.50. The van der Waals surface area contributed by atoms with E-state index < -0.39 is 0 Å². The zero-order valence-corrected chi connectivity index (χ0v) is 9.72. The molecule has 0 radical (unpaired) electrons. The number of hydrogen-bond donors (Lipinski definition) is 1. The van der Waals surface area contributed by atoms with Crippen LogP contribution < -0.4 is 5.32 Å². The average molecular weight is 191 g/mol. The first kappa shape index (κ1) is 11.1. The third kappa shape index (κ3) is 2.28. The van der Waals surface area contributed by atoms with Crippen molar-refractivity contribution >= 4 is 0 Å². The minimum absolute atomic E-state index is 0.208. The van der Waals surface area contributed by atoms with Crippen LogP contribution >= 0.6 is 0 Å². The standard InChI is InChI=1S/C13H21N/c1-6-8-11-10(3)9-13(4,5)14-12(11)7-2/h6-8,10,14H,1,9H2,2-5H3/b11-8-,12-7+. The van der Waals surface area contributed by atoms with E-state index in [9.17, 15) is 0 Å². The average Bonchev–Trinajstić information content (AvgIpc) is 2.08. The molecule has 1 nitrogen and oxygen atoms in total. The minimum atomic E-state index is 0.208. The van der Waals surface area contributed by atoms with E-state index >= 15 is 0 Å². The van der Waals surface area contributed by atoms with Crippen LogP contribution in [-0.2, 0) is 0 Å².